The van der Waals surface area contributed by atoms with Gasteiger partial charge in [0.15, 0.2) is 5.96 Å². The molecule has 0 aromatic carbocycles. The Labute approximate surface area is 119 Å². The van der Waals surface area contributed by atoms with Crippen LogP contribution < -0.4 is 10.6 Å². The summed E-state index contributed by atoms with van der Waals surface area (Å²) in [6.07, 6.45) is 5.11. The third-order valence-corrected chi connectivity index (χ3v) is 4.27. The van der Waals surface area contributed by atoms with Crippen LogP contribution in [0, 0.1) is 0 Å². The van der Waals surface area contributed by atoms with Gasteiger partial charge < -0.3 is 15.1 Å². The van der Waals surface area contributed by atoms with Crippen molar-refractivity contribution in [1.82, 2.24) is 10.6 Å². The molecule has 19 heavy (non-hydrogen) atoms. The Hall–Kier alpha value is -1.10. The fourth-order valence-electron chi connectivity index (χ4n) is 2.10. The Bertz CT molecular complexity index is 372. The first-order valence-corrected chi connectivity index (χ1v) is 8.19. The van der Waals surface area contributed by atoms with E-state index in [-0.39, 0.29) is 0 Å². The zero-order valence-corrected chi connectivity index (χ0v) is 12.3. The largest absolute Gasteiger partial charge is 0.469 e. The van der Waals surface area contributed by atoms with Crippen LogP contribution in [0.4, 0.5) is 0 Å². The number of hydrogen-bond donors (Lipinski definition) is 2. The van der Waals surface area contributed by atoms with Crippen molar-refractivity contribution in [2.24, 2.45) is 4.99 Å². The first-order valence-electron chi connectivity index (χ1n) is 7.03. The molecule has 0 saturated carbocycles. The summed E-state index contributed by atoms with van der Waals surface area (Å²) in [7, 11) is 0. The normalized spacial score (nSPS) is 20.3. The zero-order chi connectivity index (χ0) is 13.3. The van der Waals surface area contributed by atoms with Gasteiger partial charge in [0.1, 0.15) is 5.76 Å². The first kappa shape index (κ1) is 14.3. The van der Waals surface area contributed by atoms with Crippen molar-refractivity contribution in [3.05, 3.63) is 24.2 Å². The van der Waals surface area contributed by atoms with E-state index in [1.165, 1.54) is 24.3 Å². The van der Waals surface area contributed by atoms with Crippen molar-refractivity contribution in [3.8, 4) is 0 Å². The molecular weight excluding hydrogens is 258 g/mol. The van der Waals surface area contributed by atoms with Gasteiger partial charge in [-0.3, -0.25) is 4.99 Å². The third kappa shape index (κ3) is 5.19. The maximum atomic E-state index is 5.31. The molecule has 1 saturated heterocycles. The molecule has 1 aromatic heterocycles. The topological polar surface area (TPSA) is 49.6 Å². The fourth-order valence-corrected chi connectivity index (χ4v) is 3.17. The molecule has 0 aliphatic carbocycles. The molecule has 0 spiro atoms. The lowest BCUT2D eigenvalue weighted by Gasteiger charge is -2.24. The van der Waals surface area contributed by atoms with Crippen LogP contribution in [-0.4, -0.2) is 36.6 Å². The monoisotopic (exact) mass is 281 g/mol. The molecule has 2 rings (SSSR count). The summed E-state index contributed by atoms with van der Waals surface area (Å²) in [5, 5.41) is 6.83. The molecule has 1 aromatic rings. The van der Waals surface area contributed by atoms with Crippen molar-refractivity contribution in [3.63, 3.8) is 0 Å². The van der Waals surface area contributed by atoms with Gasteiger partial charge in [-0.15, -0.1) is 0 Å². The molecule has 1 aliphatic heterocycles. The quantitative estimate of drug-likeness (QED) is 0.642. The fraction of sp³-hybridized carbons (Fsp3) is 0.643. The summed E-state index contributed by atoms with van der Waals surface area (Å²) in [5.74, 6) is 4.40. The Morgan fingerprint density at radius 2 is 2.53 bits per heavy atom. The highest BCUT2D eigenvalue weighted by Gasteiger charge is 2.14. The standard InChI is InChI=1S/C14H23N3OS/c1-2-15-14(17-12-5-4-10-19-11-12)16-8-7-13-6-3-9-18-13/h3,6,9,12H,2,4-5,7-8,10-11H2,1H3,(H2,15,16,17). The average molecular weight is 281 g/mol. The Morgan fingerprint density at radius 1 is 1.58 bits per heavy atom. The summed E-state index contributed by atoms with van der Waals surface area (Å²) in [6, 6.07) is 4.47. The van der Waals surface area contributed by atoms with Crippen LogP contribution in [0.2, 0.25) is 0 Å². The molecule has 1 unspecified atom stereocenters. The highest BCUT2D eigenvalue weighted by molar-refractivity contribution is 7.99. The molecule has 0 bridgehead atoms. The van der Waals surface area contributed by atoms with Gasteiger partial charge in [-0.25, -0.2) is 0 Å². The van der Waals surface area contributed by atoms with Crippen molar-refractivity contribution in [2.75, 3.05) is 24.6 Å². The van der Waals surface area contributed by atoms with Crippen molar-refractivity contribution in [1.29, 1.82) is 0 Å². The van der Waals surface area contributed by atoms with Crippen LogP contribution in [0.25, 0.3) is 0 Å². The van der Waals surface area contributed by atoms with Crippen molar-refractivity contribution >= 4 is 17.7 Å². The molecule has 5 heteroatoms. The van der Waals surface area contributed by atoms with E-state index in [9.17, 15) is 0 Å². The number of guanidine groups is 1. The predicted octanol–water partition coefficient (Wildman–Crippen LogP) is 2.27. The highest BCUT2D eigenvalue weighted by atomic mass is 32.2. The molecule has 106 valence electrons. The maximum absolute atomic E-state index is 5.31. The lowest BCUT2D eigenvalue weighted by molar-refractivity contribution is 0.510. The van der Waals surface area contributed by atoms with E-state index in [0.717, 1.165) is 31.2 Å². The minimum absolute atomic E-state index is 0.556. The first-order chi connectivity index (χ1) is 9.38. The van der Waals surface area contributed by atoms with Gasteiger partial charge in [0.25, 0.3) is 0 Å². The average Bonchev–Trinajstić information content (AvgIpc) is 2.93. The molecule has 2 N–H and O–H groups in total. The molecule has 4 nitrogen and oxygen atoms in total. The number of thioether (sulfide) groups is 1. The smallest absolute Gasteiger partial charge is 0.191 e. The molecular formula is C14H23N3OS. The van der Waals surface area contributed by atoms with Crippen LogP contribution in [0.5, 0.6) is 0 Å². The number of aliphatic imine (C=N–C) groups is 1. The summed E-state index contributed by atoms with van der Waals surface area (Å²) >= 11 is 2.02. The van der Waals surface area contributed by atoms with E-state index in [4.69, 9.17) is 4.42 Å². The SMILES string of the molecule is CCNC(=NCCc1ccco1)NC1CCCSC1. The second-order valence-electron chi connectivity index (χ2n) is 4.65. The van der Waals surface area contributed by atoms with Gasteiger partial charge >= 0.3 is 0 Å². The van der Waals surface area contributed by atoms with E-state index in [0.29, 0.717) is 6.04 Å². The lowest BCUT2D eigenvalue weighted by atomic mass is 10.2. The molecule has 0 amide bonds. The number of hydrogen-bond acceptors (Lipinski definition) is 3. The van der Waals surface area contributed by atoms with E-state index in [1.807, 2.05) is 23.9 Å². The van der Waals surface area contributed by atoms with E-state index >= 15 is 0 Å². The minimum atomic E-state index is 0.556. The molecule has 1 atom stereocenters. The van der Waals surface area contributed by atoms with Gasteiger partial charge in [-0.1, -0.05) is 0 Å². The number of nitrogens with one attached hydrogen (secondary N) is 2. The number of rotatable bonds is 5. The number of furan rings is 1. The van der Waals surface area contributed by atoms with Crippen molar-refractivity contribution < 1.29 is 4.42 Å². The van der Waals surface area contributed by atoms with Gasteiger partial charge in [0.05, 0.1) is 6.26 Å². The number of nitrogens with zero attached hydrogens (tertiary/aromatic N) is 1. The van der Waals surface area contributed by atoms with Crippen LogP contribution >= 0.6 is 11.8 Å². The van der Waals surface area contributed by atoms with Gasteiger partial charge in [-0.2, -0.15) is 11.8 Å². The minimum Gasteiger partial charge on any atom is -0.469 e. The van der Waals surface area contributed by atoms with E-state index < -0.39 is 0 Å². The molecule has 2 heterocycles. The Balaban J connectivity index is 1.79. The zero-order valence-electron chi connectivity index (χ0n) is 11.5. The summed E-state index contributed by atoms with van der Waals surface area (Å²) in [5.41, 5.74) is 0. The highest BCUT2D eigenvalue weighted by Crippen LogP contribution is 2.16. The summed E-state index contributed by atoms with van der Waals surface area (Å²) < 4.78 is 5.31. The van der Waals surface area contributed by atoms with Crippen LogP contribution in [-0.2, 0) is 6.42 Å². The molecule has 1 fully saturated rings. The van der Waals surface area contributed by atoms with Crippen LogP contribution in [0.3, 0.4) is 0 Å². The van der Waals surface area contributed by atoms with Gasteiger partial charge in [0.2, 0.25) is 0 Å². The second-order valence-corrected chi connectivity index (χ2v) is 5.80. The maximum Gasteiger partial charge on any atom is 0.191 e. The summed E-state index contributed by atoms with van der Waals surface area (Å²) in [6.45, 7) is 3.74. The molecule has 1 aliphatic rings. The van der Waals surface area contributed by atoms with Crippen LogP contribution in [0.1, 0.15) is 25.5 Å². The van der Waals surface area contributed by atoms with E-state index in [2.05, 4.69) is 22.5 Å². The van der Waals surface area contributed by atoms with Crippen molar-refractivity contribution in [2.45, 2.75) is 32.2 Å². The predicted molar refractivity (Wildman–Crippen MR) is 81.9 cm³/mol. The van der Waals surface area contributed by atoms with E-state index in [1.54, 1.807) is 6.26 Å². The van der Waals surface area contributed by atoms with Gasteiger partial charge in [-0.05, 0) is 37.7 Å². The second kappa shape index (κ2) is 8.15. The third-order valence-electron chi connectivity index (χ3n) is 3.05. The lowest BCUT2D eigenvalue weighted by Crippen LogP contribution is -2.45. The Kier molecular flexibility index (Phi) is 6.14. The molecule has 0 radical (unpaired) electrons. The summed E-state index contributed by atoms with van der Waals surface area (Å²) in [4.78, 5) is 4.61. The van der Waals surface area contributed by atoms with Gasteiger partial charge in [0, 0.05) is 31.3 Å². The Morgan fingerprint density at radius 3 is 3.21 bits per heavy atom. The van der Waals surface area contributed by atoms with Crippen LogP contribution in [0.15, 0.2) is 27.8 Å².